The van der Waals surface area contributed by atoms with Crippen molar-refractivity contribution < 1.29 is 14.4 Å². The minimum Gasteiger partial charge on any atom is -0.479 e. The number of nitrogens with one attached hydrogen (secondary N) is 2. The van der Waals surface area contributed by atoms with E-state index in [2.05, 4.69) is 25.3 Å². The highest BCUT2D eigenvalue weighted by Crippen LogP contribution is 2.29. The number of ether oxygens (including phenoxy) is 1. The average Bonchev–Trinajstić information content (AvgIpc) is 3.33. The highest BCUT2D eigenvalue weighted by atomic mass is 32.1. The van der Waals surface area contributed by atoms with Crippen molar-refractivity contribution in [1.82, 2.24) is 29.6 Å². The highest BCUT2D eigenvalue weighted by Gasteiger charge is 2.26. The second-order valence-corrected chi connectivity index (χ2v) is 8.01. The Bertz CT molecular complexity index is 1310. The van der Waals surface area contributed by atoms with E-state index in [0.29, 0.717) is 47.3 Å². The van der Waals surface area contributed by atoms with Crippen LogP contribution >= 0.6 is 11.3 Å². The fourth-order valence-electron chi connectivity index (χ4n) is 3.79. The summed E-state index contributed by atoms with van der Waals surface area (Å²) in [4.78, 5) is 46.0. The molecule has 1 amide bonds. The number of amides is 1. The molecule has 1 fully saturated rings. The number of hydrogen-bond donors (Lipinski definition) is 2. The van der Waals surface area contributed by atoms with Crippen LogP contribution in [0.25, 0.3) is 21.4 Å². The van der Waals surface area contributed by atoms with Crippen LogP contribution < -0.4 is 15.7 Å². The highest BCUT2D eigenvalue weighted by molar-refractivity contribution is 7.22. The molecule has 0 saturated carbocycles. The quantitative estimate of drug-likeness (QED) is 0.495. The first-order valence-corrected chi connectivity index (χ1v) is 10.5. The summed E-state index contributed by atoms with van der Waals surface area (Å²) in [6, 6.07) is 7.67. The third kappa shape index (κ3) is 3.70. The summed E-state index contributed by atoms with van der Waals surface area (Å²) >= 11 is 1.20. The van der Waals surface area contributed by atoms with Gasteiger partial charge in [-0.1, -0.05) is 23.5 Å². The fourth-order valence-corrected chi connectivity index (χ4v) is 4.58. The van der Waals surface area contributed by atoms with Crippen molar-refractivity contribution in [3.05, 3.63) is 41.1 Å². The van der Waals surface area contributed by atoms with Crippen molar-refractivity contribution >= 4 is 43.9 Å². The van der Waals surface area contributed by atoms with E-state index < -0.39 is 6.09 Å². The molecule has 2 N–H and O–H groups in total. The molecule has 0 spiro atoms. The number of carbonyl (C=O) groups is 1. The van der Waals surface area contributed by atoms with Gasteiger partial charge in [-0.05, 0) is 25.0 Å². The first-order valence-electron chi connectivity index (χ1n) is 9.71. The molecule has 0 unspecified atom stereocenters. The minimum atomic E-state index is -0.631. The molecule has 4 heterocycles. The Morgan fingerprint density at radius 2 is 2.06 bits per heavy atom. The first-order chi connectivity index (χ1) is 15.1. The molecule has 0 bridgehead atoms. The maximum absolute atomic E-state index is 12.4. The zero-order valence-electron chi connectivity index (χ0n) is 16.6. The lowest BCUT2D eigenvalue weighted by molar-refractivity contribution is -0.111. The van der Waals surface area contributed by atoms with Crippen molar-refractivity contribution in [3.8, 4) is 5.88 Å². The maximum atomic E-state index is 12.4. The van der Waals surface area contributed by atoms with Crippen LogP contribution in [-0.4, -0.2) is 55.9 Å². The molecular formula is C19H19N7O4S. The molecule has 3 aromatic heterocycles. The van der Waals surface area contributed by atoms with Crippen LogP contribution in [0.3, 0.4) is 0 Å². The van der Waals surface area contributed by atoms with Crippen molar-refractivity contribution in [2.75, 3.05) is 25.5 Å². The van der Waals surface area contributed by atoms with Gasteiger partial charge in [0, 0.05) is 19.1 Å². The third-order valence-corrected chi connectivity index (χ3v) is 6.07. The van der Waals surface area contributed by atoms with Gasteiger partial charge in [0.2, 0.25) is 5.88 Å². The van der Waals surface area contributed by atoms with Gasteiger partial charge in [0.25, 0.3) is 0 Å². The van der Waals surface area contributed by atoms with Crippen LogP contribution in [0.15, 0.2) is 35.4 Å². The molecular weight excluding hydrogens is 422 g/mol. The molecule has 160 valence electrons. The van der Waals surface area contributed by atoms with Gasteiger partial charge in [-0.15, -0.1) is 5.06 Å². The molecule has 31 heavy (non-hydrogen) atoms. The number of methoxy groups -OCH3 is 1. The number of aromatic nitrogens is 5. The molecule has 11 nitrogen and oxygen atoms in total. The Hall–Kier alpha value is -3.51. The topological polar surface area (TPSA) is 127 Å². The number of hydrogen-bond acceptors (Lipinski definition) is 9. The van der Waals surface area contributed by atoms with Crippen molar-refractivity contribution in [2.24, 2.45) is 0 Å². The van der Waals surface area contributed by atoms with Gasteiger partial charge in [-0.3, -0.25) is 9.88 Å². The number of para-hydroxylation sites is 2. The number of thiazole rings is 1. The smallest absolute Gasteiger partial charge is 0.432 e. The van der Waals surface area contributed by atoms with Gasteiger partial charge in [0.05, 0.1) is 18.1 Å². The second kappa shape index (κ2) is 7.96. The van der Waals surface area contributed by atoms with Gasteiger partial charge in [0.1, 0.15) is 6.33 Å². The van der Waals surface area contributed by atoms with E-state index in [1.807, 2.05) is 24.3 Å². The summed E-state index contributed by atoms with van der Waals surface area (Å²) in [5.74, 6) is 0.345. The Kier molecular flexibility index (Phi) is 5.00. The first kappa shape index (κ1) is 19.5. The SMILES string of the molecule is COc1ncnc2sc(NC(=O)ON3CCC(n4c(=O)[nH]c5ccccc54)CC3)nc12. The monoisotopic (exact) mass is 441 g/mol. The third-order valence-electron chi connectivity index (χ3n) is 5.19. The molecule has 4 aromatic rings. The van der Waals surface area contributed by atoms with Gasteiger partial charge >= 0.3 is 11.8 Å². The molecule has 1 aliphatic heterocycles. The lowest BCUT2D eigenvalue weighted by atomic mass is 10.1. The number of anilines is 1. The molecule has 1 aliphatic rings. The number of fused-ring (bicyclic) bond motifs is 2. The van der Waals surface area contributed by atoms with Gasteiger partial charge in [0.15, 0.2) is 15.5 Å². The number of aromatic amines is 1. The number of nitrogens with zero attached hydrogens (tertiary/aromatic N) is 5. The number of H-pyrrole nitrogens is 1. The maximum Gasteiger partial charge on any atom is 0.432 e. The number of carbonyl (C=O) groups excluding carboxylic acids is 1. The number of hydroxylamine groups is 2. The van der Waals surface area contributed by atoms with Gasteiger partial charge in [-0.25, -0.2) is 19.6 Å². The van der Waals surface area contributed by atoms with Crippen molar-refractivity contribution in [2.45, 2.75) is 18.9 Å². The van der Waals surface area contributed by atoms with Crippen LogP contribution in [0.2, 0.25) is 0 Å². The van der Waals surface area contributed by atoms with E-state index in [1.54, 1.807) is 9.63 Å². The van der Waals surface area contributed by atoms with Crippen molar-refractivity contribution in [3.63, 3.8) is 0 Å². The number of imidazole rings is 1. The van der Waals surface area contributed by atoms with Crippen LogP contribution in [-0.2, 0) is 4.84 Å². The molecule has 5 rings (SSSR count). The Balaban J connectivity index is 1.21. The largest absolute Gasteiger partial charge is 0.479 e. The van der Waals surface area contributed by atoms with E-state index in [9.17, 15) is 9.59 Å². The van der Waals surface area contributed by atoms with E-state index in [4.69, 9.17) is 9.57 Å². The summed E-state index contributed by atoms with van der Waals surface area (Å²) in [5.41, 5.74) is 2.07. The average molecular weight is 441 g/mol. The Morgan fingerprint density at radius 1 is 1.26 bits per heavy atom. The van der Waals surface area contributed by atoms with Crippen LogP contribution in [0, 0.1) is 0 Å². The minimum absolute atomic E-state index is 0.0434. The molecule has 0 radical (unpaired) electrons. The zero-order chi connectivity index (χ0) is 21.4. The number of benzene rings is 1. The van der Waals surface area contributed by atoms with Crippen LogP contribution in [0.1, 0.15) is 18.9 Å². The van der Waals surface area contributed by atoms with E-state index >= 15 is 0 Å². The molecule has 0 atom stereocenters. The molecule has 1 saturated heterocycles. The lowest BCUT2D eigenvalue weighted by Crippen LogP contribution is -2.39. The summed E-state index contributed by atoms with van der Waals surface area (Å²) < 4.78 is 6.95. The van der Waals surface area contributed by atoms with E-state index in [0.717, 1.165) is 11.0 Å². The van der Waals surface area contributed by atoms with E-state index in [1.165, 1.54) is 24.8 Å². The Labute approximate surface area is 179 Å². The summed E-state index contributed by atoms with van der Waals surface area (Å²) in [7, 11) is 1.50. The van der Waals surface area contributed by atoms with E-state index in [-0.39, 0.29) is 11.7 Å². The number of piperidine rings is 1. The summed E-state index contributed by atoms with van der Waals surface area (Å²) in [6.45, 7) is 1.03. The Morgan fingerprint density at radius 3 is 2.87 bits per heavy atom. The van der Waals surface area contributed by atoms with Crippen molar-refractivity contribution in [1.29, 1.82) is 0 Å². The number of rotatable bonds is 4. The lowest BCUT2D eigenvalue weighted by Gasteiger charge is -2.30. The van der Waals surface area contributed by atoms with Gasteiger partial charge < -0.3 is 14.6 Å². The molecule has 12 heteroatoms. The predicted octanol–water partition coefficient (Wildman–Crippen LogP) is 2.54. The fraction of sp³-hybridized carbons (Fsp3) is 0.316. The zero-order valence-corrected chi connectivity index (χ0v) is 17.4. The van der Waals surface area contributed by atoms with Crippen LogP contribution in [0.4, 0.5) is 9.93 Å². The summed E-state index contributed by atoms with van der Waals surface area (Å²) in [5, 5.41) is 4.57. The van der Waals surface area contributed by atoms with Crippen LogP contribution in [0.5, 0.6) is 5.88 Å². The molecule has 1 aromatic carbocycles. The standard InChI is InChI=1S/C19H19N7O4S/c1-29-15-14-16(21-10-20-15)31-17(23-14)24-19(28)30-25-8-6-11(7-9-25)26-13-5-3-2-4-12(13)22-18(26)27/h2-5,10-11H,6-9H2,1H3,(H,22,27)(H,23,24,28). The second-order valence-electron chi connectivity index (χ2n) is 7.04. The van der Waals surface area contributed by atoms with Gasteiger partial charge in [-0.2, -0.15) is 4.98 Å². The predicted molar refractivity (Wildman–Crippen MR) is 114 cm³/mol. The normalized spacial score (nSPS) is 15.4. The molecule has 0 aliphatic carbocycles. The summed E-state index contributed by atoms with van der Waals surface area (Å²) in [6.07, 6.45) is 2.12.